The van der Waals surface area contributed by atoms with Crippen molar-refractivity contribution in [1.29, 1.82) is 0 Å². The summed E-state index contributed by atoms with van der Waals surface area (Å²) >= 11 is 0. The zero-order valence-corrected chi connectivity index (χ0v) is 14.9. The van der Waals surface area contributed by atoms with E-state index in [1.54, 1.807) is 22.9 Å². The highest BCUT2D eigenvalue weighted by molar-refractivity contribution is 5.94. The maximum absolute atomic E-state index is 12.4. The summed E-state index contributed by atoms with van der Waals surface area (Å²) in [5.41, 5.74) is 1.88. The van der Waals surface area contributed by atoms with E-state index in [0.29, 0.717) is 17.6 Å². The second-order valence-corrected chi connectivity index (χ2v) is 6.61. The molecule has 0 radical (unpaired) electrons. The molecule has 7 nitrogen and oxygen atoms in total. The minimum Gasteiger partial charge on any atom is -0.452 e. The number of hydrogen-bond acceptors (Lipinski definition) is 5. The van der Waals surface area contributed by atoms with Crippen LogP contribution in [0.2, 0.25) is 0 Å². The molecule has 2 atom stereocenters. The van der Waals surface area contributed by atoms with Gasteiger partial charge in [0, 0.05) is 18.6 Å². The summed E-state index contributed by atoms with van der Waals surface area (Å²) in [4.78, 5) is 26.5. The Kier molecular flexibility index (Phi) is 5.01. The lowest BCUT2D eigenvalue weighted by Crippen LogP contribution is -2.49. The standard InChI is InChI=1S/C18H24N4O3/c1-4-21-16-9-8-14(10-15(16)19-20-21)18(24)25-11-17(23)22-12(2)6-5-7-13(22)3/h8-10,12-13H,4-7,11H2,1-3H3/t12-,13-/m0/s1. The summed E-state index contributed by atoms with van der Waals surface area (Å²) in [7, 11) is 0. The van der Waals surface area contributed by atoms with Gasteiger partial charge >= 0.3 is 5.97 Å². The number of hydrogen-bond donors (Lipinski definition) is 0. The third-order valence-electron chi connectivity index (χ3n) is 4.86. The van der Waals surface area contributed by atoms with Crippen molar-refractivity contribution < 1.29 is 14.3 Å². The predicted molar refractivity (Wildman–Crippen MR) is 93.1 cm³/mol. The average Bonchev–Trinajstić information content (AvgIpc) is 3.01. The van der Waals surface area contributed by atoms with Gasteiger partial charge in [0.2, 0.25) is 0 Å². The molecule has 2 aromatic rings. The normalized spacial score (nSPS) is 20.7. The number of likely N-dealkylation sites (tertiary alicyclic amines) is 1. The molecule has 1 aliphatic rings. The fraction of sp³-hybridized carbons (Fsp3) is 0.556. The van der Waals surface area contributed by atoms with Gasteiger partial charge in [0.1, 0.15) is 5.52 Å². The number of aromatic nitrogens is 3. The molecule has 1 aromatic heterocycles. The van der Waals surface area contributed by atoms with Crippen molar-refractivity contribution in [3.8, 4) is 0 Å². The molecule has 0 saturated carbocycles. The molecule has 134 valence electrons. The molecule has 1 aromatic carbocycles. The molecular weight excluding hydrogens is 320 g/mol. The highest BCUT2D eigenvalue weighted by Gasteiger charge is 2.29. The van der Waals surface area contributed by atoms with E-state index in [2.05, 4.69) is 10.3 Å². The van der Waals surface area contributed by atoms with Crippen molar-refractivity contribution in [2.75, 3.05) is 6.61 Å². The van der Waals surface area contributed by atoms with Gasteiger partial charge in [-0.05, 0) is 58.2 Å². The number of nitrogens with zero attached hydrogens (tertiary/aromatic N) is 4. The lowest BCUT2D eigenvalue weighted by Gasteiger charge is -2.38. The number of amides is 1. The van der Waals surface area contributed by atoms with Crippen LogP contribution in [0.4, 0.5) is 0 Å². The van der Waals surface area contributed by atoms with Crippen LogP contribution in [-0.4, -0.2) is 50.5 Å². The quantitative estimate of drug-likeness (QED) is 0.796. The molecule has 1 aliphatic heterocycles. The Bertz CT molecular complexity index is 776. The van der Waals surface area contributed by atoms with Gasteiger partial charge in [0.25, 0.3) is 5.91 Å². The Balaban J connectivity index is 1.65. The third kappa shape index (κ3) is 3.50. The Labute approximate surface area is 146 Å². The molecule has 1 saturated heterocycles. The van der Waals surface area contributed by atoms with Crippen LogP contribution in [-0.2, 0) is 16.1 Å². The van der Waals surface area contributed by atoms with Gasteiger partial charge in [-0.25, -0.2) is 9.48 Å². The number of carbonyl (C=O) groups is 2. The number of rotatable bonds is 4. The van der Waals surface area contributed by atoms with Gasteiger partial charge in [-0.2, -0.15) is 0 Å². The number of benzene rings is 1. The minimum absolute atomic E-state index is 0.133. The summed E-state index contributed by atoms with van der Waals surface area (Å²) in [6.45, 7) is 6.54. The Hall–Kier alpha value is -2.44. The smallest absolute Gasteiger partial charge is 0.338 e. The molecular formula is C18H24N4O3. The number of ether oxygens (including phenoxy) is 1. The fourth-order valence-corrected chi connectivity index (χ4v) is 3.53. The molecule has 0 aliphatic carbocycles. The molecule has 0 unspecified atom stereocenters. The van der Waals surface area contributed by atoms with Gasteiger partial charge in [0.05, 0.1) is 11.1 Å². The topological polar surface area (TPSA) is 77.3 Å². The molecule has 0 N–H and O–H groups in total. The minimum atomic E-state index is -0.515. The van der Waals surface area contributed by atoms with Crippen LogP contribution in [0, 0.1) is 0 Å². The molecule has 7 heteroatoms. The Morgan fingerprint density at radius 1 is 1.24 bits per heavy atom. The van der Waals surface area contributed by atoms with E-state index in [-0.39, 0.29) is 24.6 Å². The van der Waals surface area contributed by atoms with Gasteiger partial charge < -0.3 is 9.64 Å². The number of carbonyl (C=O) groups excluding carboxylic acids is 2. The van der Waals surface area contributed by atoms with Crippen LogP contribution in [0.1, 0.15) is 50.4 Å². The summed E-state index contributed by atoms with van der Waals surface area (Å²) in [5, 5.41) is 8.07. The number of fused-ring (bicyclic) bond motifs is 1. The van der Waals surface area contributed by atoms with Crippen molar-refractivity contribution >= 4 is 22.9 Å². The first-order valence-corrected chi connectivity index (χ1v) is 8.82. The van der Waals surface area contributed by atoms with Crippen LogP contribution in [0.15, 0.2) is 18.2 Å². The largest absolute Gasteiger partial charge is 0.452 e. The van der Waals surface area contributed by atoms with Crippen LogP contribution in [0.3, 0.4) is 0 Å². The van der Waals surface area contributed by atoms with Gasteiger partial charge in [0.15, 0.2) is 6.61 Å². The summed E-state index contributed by atoms with van der Waals surface area (Å²) in [5.74, 6) is -0.648. The SMILES string of the molecule is CCn1nnc2cc(C(=O)OCC(=O)N3[C@@H](C)CCC[C@@H]3C)ccc21. The summed E-state index contributed by atoms with van der Waals surface area (Å²) in [6, 6.07) is 5.50. The third-order valence-corrected chi connectivity index (χ3v) is 4.86. The maximum Gasteiger partial charge on any atom is 0.338 e. The number of piperidine rings is 1. The first kappa shape index (κ1) is 17.4. The molecule has 3 rings (SSSR count). The van der Waals surface area contributed by atoms with E-state index < -0.39 is 5.97 Å². The summed E-state index contributed by atoms with van der Waals surface area (Å²) in [6.07, 6.45) is 3.12. The van der Waals surface area contributed by atoms with Crippen molar-refractivity contribution in [3.05, 3.63) is 23.8 Å². The monoisotopic (exact) mass is 344 g/mol. The van der Waals surface area contributed by atoms with E-state index in [9.17, 15) is 9.59 Å². The lowest BCUT2D eigenvalue weighted by molar-refractivity contribution is -0.140. The first-order valence-electron chi connectivity index (χ1n) is 8.82. The molecule has 1 fully saturated rings. The van der Waals surface area contributed by atoms with Crippen molar-refractivity contribution in [2.24, 2.45) is 0 Å². The Morgan fingerprint density at radius 3 is 2.64 bits per heavy atom. The first-order chi connectivity index (χ1) is 12.0. The van der Waals surface area contributed by atoms with E-state index in [4.69, 9.17) is 4.74 Å². The van der Waals surface area contributed by atoms with Crippen LogP contribution >= 0.6 is 0 Å². The molecule has 25 heavy (non-hydrogen) atoms. The second-order valence-electron chi connectivity index (χ2n) is 6.61. The highest BCUT2D eigenvalue weighted by atomic mass is 16.5. The van der Waals surface area contributed by atoms with Crippen molar-refractivity contribution in [2.45, 2.75) is 58.7 Å². The van der Waals surface area contributed by atoms with Crippen LogP contribution < -0.4 is 0 Å². The number of esters is 1. The highest BCUT2D eigenvalue weighted by Crippen LogP contribution is 2.22. The lowest BCUT2D eigenvalue weighted by atomic mass is 9.97. The van der Waals surface area contributed by atoms with Gasteiger partial charge in [-0.15, -0.1) is 5.10 Å². The molecule has 1 amide bonds. The molecule has 0 spiro atoms. The van der Waals surface area contributed by atoms with E-state index in [0.717, 1.165) is 24.8 Å². The zero-order chi connectivity index (χ0) is 18.0. The van der Waals surface area contributed by atoms with Crippen molar-refractivity contribution in [1.82, 2.24) is 19.9 Å². The van der Waals surface area contributed by atoms with E-state index in [1.807, 2.05) is 25.7 Å². The van der Waals surface area contributed by atoms with Crippen LogP contribution in [0.5, 0.6) is 0 Å². The van der Waals surface area contributed by atoms with Gasteiger partial charge in [-0.1, -0.05) is 5.21 Å². The fourth-order valence-electron chi connectivity index (χ4n) is 3.53. The Morgan fingerprint density at radius 2 is 1.96 bits per heavy atom. The van der Waals surface area contributed by atoms with E-state index >= 15 is 0 Å². The number of aryl methyl sites for hydroxylation is 1. The second kappa shape index (κ2) is 7.21. The molecule has 2 heterocycles. The van der Waals surface area contributed by atoms with E-state index in [1.165, 1.54) is 0 Å². The average molecular weight is 344 g/mol. The van der Waals surface area contributed by atoms with Crippen molar-refractivity contribution in [3.63, 3.8) is 0 Å². The van der Waals surface area contributed by atoms with Crippen LogP contribution in [0.25, 0.3) is 11.0 Å². The predicted octanol–water partition coefficient (Wildman–Crippen LogP) is 2.40. The maximum atomic E-state index is 12.4. The molecule has 0 bridgehead atoms. The summed E-state index contributed by atoms with van der Waals surface area (Å²) < 4.78 is 6.99. The zero-order valence-electron chi connectivity index (χ0n) is 14.9. The van der Waals surface area contributed by atoms with Gasteiger partial charge in [-0.3, -0.25) is 4.79 Å².